The van der Waals surface area contributed by atoms with Gasteiger partial charge in [-0.05, 0) is 6.92 Å². The van der Waals surface area contributed by atoms with Crippen LogP contribution in [0.5, 0.6) is 0 Å². The Kier molecular flexibility index (Phi) is 3.70. The van der Waals surface area contributed by atoms with Gasteiger partial charge in [-0.2, -0.15) is 0 Å². The van der Waals surface area contributed by atoms with Crippen LogP contribution in [0.25, 0.3) is 0 Å². The maximum Gasteiger partial charge on any atom is 0.347 e. The van der Waals surface area contributed by atoms with Crippen molar-refractivity contribution >= 4 is 17.3 Å². The molecule has 0 bridgehead atoms. The van der Waals surface area contributed by atoms with Gasteiger partial charge in [-0.15, -0.1) is 11.3 Å². The van der Waals surface area contributed by atoms with Gasteiger partial charge in [-0.1, -0.05) is 20.8 Å². The standard InChI is InChI=1S/C11H17NO3S/c1-6(15-5)9-12-8(11(2,3)4)7(16-9)10(13)14/h6H,1-5H3,(H,13,14). The zero-order valence-electron chi connectivity index (χ0n) is 10.2. The van der Waals surface area contributed by atoms with E-state index in [0.29, 0.717) is 15.6 Å². The number of aromatic nitrogens is 1. The van der Waals surface area contributed by atoms with Crippen molar-refractivity contribution < 1.29 is 14.6 Å². The van der Waals surface area contributed by atoms with Crippen LogP contribution >= 0.6 is 11.3 Å². The molecule has 0 aliphatic heterocycles. The SMILES string of the molecule is COC(C)c1nc(C(C)(C)C)c(C(=O)O)s1. The fourth-order valence-electron chi connectivity index (χ4n) is 1.26. The Bertz CT molecular complexity index is 392. The zero-order valence-corrected chi connectivity index (χ0v) is 11.0. The molecule has 0 radical (unpaired) electrons. The lowest BCUT2D eigenvalue weighted by Crippen LogP contribution is -2.16. The molecule has 16 heavy (non-hydrogen) atoms. The molecule has 0 spiro atoms. The van der Waals surface area contributed by atoms with Gasteiger partial charge in [0.15, 0.2) is 0 Å². The molecule has 0 amide bonds. The molecule has 90 valence electrons. The van der Waals surface area contributed by atoms with Crippen LogP contribution in [-0.4, -0.2) is 23.2 Å². The molecule has 1 heterocycles. The molecular formula is C11H17NO3S. The van der Waals surface area contributed by atoms with E-state index in [9.17, 15) is 4.79 Å². The fourth-order valence-corrected chi connectivity index (χ4v) is 2.41. The van der Waals surface area contributed by atoms with Gasteiger partial charge in [-0.3, -0.25) is 0 Å². The number of ether oxygens (including phenoxy) is 1. The highest BCUT2D eigenvalue weighted by atomic mass is 32.1. The smallest absolute Gasteiger partial charge is 0.347 e. The number of thiazole rings is 1. The highest BCUT2D eigenvalue weighted by Gasteiger charge is 2.28. The maximum absolute atomic E-state index is 11.1. The molecule has 1 aromatic rings. The quantitative estimate of drug-likeness (QED) is 0.886. The summed E-state index contributed by atoms with van der Waals surface area (Å²) in [5.41, 5.74) is 0.361. The van der Waals surface area contributed by atoms with Crippen LogP contribution in [0.4, 0.5) is 0 Å². The first-order valence-corrected chi connectivity index (χ1v) is 5.86. The van der Waals surface area contributed by atoms with E-state index in [1.54, 1.807) is 7.11 Å². The van der Waals surface area contributed by atoms with Crippen LogP contribution in [0.1, 0.15) is 54.2 Å². The summed E-state index contributed by atoms with van der Waals surface area (Å²) in [6, 6.07) is 0. The van der Waals surface area contributed by atoms with E-state index in [1.165, 1.54) is 11.3 Å². The van der Waals surface area contributed by atoms with Crippen LogP contribution in [0, 0.1) is 0 Å². The Morgan fingerprint density at radius 1 is 1.50 bits per heavy atom. The van der Waals surface area contributed by atoms with Crippen LogP contribution in [-0.2, 0) is 10.2 Å². The normalized spacial score (nSPS) is 13.8. The first-order chi connectivity index (χ1) is 7.27. The molecule has 0 fully saturated rings. The average molecular weight is 243 g/mol. The van der Waals surface area contributed by atoms with E-state index < -0.39 is 5.97 Å². The summed E-state index contributed by atoms with van der Waals surface area (Å²) in [5, 5.41) is 9.84. The molecule has 1 rings (SSSR count). The lowest BCUT2D eigenvalue weighted by atomic mass is 9.91. The number of hydrogen-bond acceptors (Lipinski definition) is 4. The summed E-state index contributed by atoms with van der Waals surface area (Å²) >= 11 is 1.19. The van der Waals surface area contributed by atoms with Crippen LogP contribution in [0.3, 0.4) is 0 Å². The predicted octanol–water partition coefficient (Wildman–Crippen LogP) is 2.85. The minimum absolute atomic E-state index is 0.167. The molecule has 0 saturated carbocycles. The summed E-state index contributed by atoms with van der Waals surface area (Å²) in [7, 11) is 1.59. The summed E-state index contributed by atoms with van der Waals surface area (Å²) in [4.78, 5) is 15.8. The van der Waals surface area contributed by atoms with Gasteiger partial charge in [-0.25, -0.2) is 9.78 Å². The second-order valence-electron chi connectivity index (χ2n) is 4.66. The number of methoxy groups -OCH3 is 1. The van der Waals surface area contributed by atoms with Gasteiger partial charge in [0.1, 0.15) is 16.0 Å². The largest absolute Gasteiger partial charge is 0.477 e. The Labute approximate surface area is 99.3 Å². The number of carbonyl (C=O) groups is 1. The molecule has 1 N–H and O–H groups in total. The van der Waals surface area contributed by atoms with Gasteiger partial charge >= 0.3 is 5.97 Å². The topological polar surface area (TPSA) is 59.4 Å². The summed E-state index contributed by atoms with van der Waals surface area (Å²) in [6.07, 6.45) is -0.167. The van der Waals surface area contributed by atoms with Crippen molar-refractivity contribution in [2.24, 2.45) is 0 Å². The third kappa shape index (κ3) is 2.59. The van der Waals surface area contributed by atoms with E-state index >= 15 is 0 Å². The second-order valence-corrected chi connectivity index (χ2v) is 5.69. The van der Waals surface area contributed by atoms with Gasteiger partial charge in [0, 0.05) is 12.5 Å². The third-order valence-corrected chi connectivity index (χ3v) is 3.45. The summed E-state index contributed by atoms with van der Waals surface area (Å²) in [5.74, 6) is -0.919. The van der Waals surface area contributed by atoms with Crippen molar-refractivity contribution in [3.8, 4) is 0 Å². The molecular weight excluding hydrogens is 226 g/mol. The Hall–Kier alpha value is -0.940. The van der Waals surface area contributed by atoms with Crippen molar-refractivity contribution in [3.63, 3.8) is 0 Å². The molecule has 0 aliphatic rings. The summed E-state index contributed by atoms with van der Waals surface area (Å²) < 4.78 is 5.15. The van der Waals surface area contributed by atoms with Gasteiger partial charge in [0.25, 0.3) is 0 Å². The molecule has 0 saturated heterocycles. The number of rotatable bonds is 3. The number of carboxylic acids is 1. The van der Waals surface area contributed by atoms with Crippen LogP contribution < -0.4 is 0 Å². The van der Waals surface area contributed by atoms with E-state index in [0.717, 1.165) is 0 Å². The molecule has 0 aromatic carbocycles. The van der Waals surface area contributed by atoms with E-state index in [2.05, 4.69) is 4.98 Å². The number of nitrogens with zero attached hydrogens (tertiary/aromatic N) is 1. The van der Waals surface area contributed by atoms with E-state index in [1.807, 2.05) is 27.7 Å². The van der Waals surface area contributed by atoms with Crippen LogP contribution in [0.2, 0.25) is 0 Å². The average Bonchev–Trinajstić information content (AvgIpc) is 2.60. The third-order valence-electron chi connectivity index (χ3n) is 2.25. The fraction of sp³-hybridized carbons (Fsp3) is 0.636. The van der Waals surface area contributed by atoms with Crippen LogP contribution in [0.15, 0.2) is 0 Å². The van der Waals surface area contributed by atoms with Crippen molar-refractivity contribution in [3.05, 3.63) is 15.6 Å². The Balaban J connectivity index is 3.26. The molecule has 1 aromatic heterocycles. The number of hydrogen-bond donors (Lipinski definition) is 1. The van der Waals surface area contributed by atoms with Gasteiger partial charge in [0.2, 0.25) is 0 Å². The number of carboxylic acid groups (broad SMARTS) is 1. The Morgan fingerprint density at radius 3 is 2.38 bits per heavy atom. The monoisotopic (exact) mass is 243 g/mol. The predicted molar refractivity (Wildman–Crippen MR) is 63.2 cm³/mol. The van der Waals surface area contributed by atoms with E-state index in [-0.39, 0.29) is 11.5 Å². The molecule has 1 atom stereocenters. The van der Waals surface area contributed by atoms with Crippen molar-refractivity contribution in [2.45, 2.75) is 39.2 Å². The first kappa shape index (κ1) is 13.1. The van der Waals surface area contributed by atoms with Crippen molar-refractivity contribution in [1.29, 1.82) is 0 Å². The minimum atomic E-state index is -0.919. The molecule has 1 unspecified atom stereocenters. The molecule has 4 nitrogen and oxygen atoms in total. The number of aromatic carboxylic acids is 1. The van der Waals surface area contributed by atoms with Crippen molar-refractivity contribution in [2.75, 3.05) is 7.11 Å². The Morgan fingerprint density at radius 2 is 2.06 bits per heavy atom. The van der Waals surface area contributed by atoms with E-state index in [4.69, 9.17) is 9.84 Å². The highest BCUT2D eigenvalue weighted by Crippen LogP contribution is 2.32. The second kappa shape index (κ2) is 4.51. The maximum atomic E-state index is 11.1. The summed E-state index contributed by atoms with van der Waals surface area (Å²) in [6.45, 7) is 7.72. The minimum Gasteiger partial charge on any atom is -0.477 e. The highest BCUT2D eigenvalue weighted by molar-refractivity contribution is 7.13. The molecule has 5 heteroatoms. The van der Waals surface area contributed by atoms with Crippen molar-refractivity contribution in [1.82, 2.24) is 4.98 Å². The zero-order chi connectivity index (χ0) is 12.5. The first-order valence-electron chi connectivity index (χ1n) is 5.04. The lowest BCUT2D eigenvalue weighted by Gasteiger charge is -2.16. The lowest BCUT2D eigenvalue weighted by molar-refractivity contribution is 0.0699. The van der Waals surface area contributed by atoms with Gasteiger partial charge in [0.05, 0.1) is 5.69 Å². The van der Waals surface area contributed by atoms with Gasteiger partial charge < -0.3 is 9.84 Å². The molecule has 0 aliphatic carbocycles.